The van der Waals surface area contributed by atoms with Crippen molar-refractivity contribution < 1.29 is 9.53 Å². The van der Waals surface area contributed by atoms with Crippen LogP contribution >= 0.6 is 0 Å². The molecule has 0 radical (unpaired) electrons. The van der Waals surface area contributed by atoms with Gasteiger partial charge in [-0.2, -0.15) is 5.10 Å². The van der Waals surface area contributed by atoms with Gasteiger partial charge in [0.1, 0.15) is 11.9 Å². The van der Waals surface area contributed by atoms with Crippen LogP contribution in [0.5, 0.6) is 5.75 Å². The normalized spacial score (nSPS) is 15.1. The Bertz CT molecular complexity index is 916. The molecule has 3 aromatic rings. The predicted molar refractivity (Wildman–Crippen MR) is 101 cm³/mol. The molecule has 0 N–H and O–H groups in total. The maximum Gasteiger partial charge on any atom is 0.274 e. The molecule has 5 nitrogen and oxygen atoms in total. The van der Waals surface area contributed by atoms with Gasteiger partial charge < -0.3 is 9.64 Å². The Morgan fingerprint density at radius 1 is 1.12 bits per heavy atom. The minimum Gasteiger partial charge on any atom is -0.486 e. The average molecular weight is 349 g/mol. The Labute approximate surface area is 153 Å². The molecule has 1 fully saturated rings. The highest BCUT2D eigenvalue weighted by Gasteiger charge is 2.34. The monoisotopic (exact) mass is 349 g/mol. The standard InChI is InChI=1S/C21H23N3O2/c1-21(2,3)17-9-4-5-10-19(17)26-16-13-23(14-16)20(25)18-12-15-8-6-7-11-24(15)22-18/h4-12,16H,13-14H2,1-3H3. The fourth-order valence-corrected chi connectivity index (χ4v) is 3.25. The summed E-state index contributed by atoms with van der Waals surface area (Å²) in [5.74, 6) is 0.863. The molecule has 0 saturated carbocycles. The van der Waals surface area contributed by atoms with Gasteiger partial charge in [-0.1, -0.05) is 45.0 Å². The molecule has 1 aromatic carbocycles. The summed E-state index contributed by atoms with van der Waals surface area (Å²) >= 11 is 0. The SMILES string of the molecule is CC(C)(C)c1ccccc1OC1CN(C(=O)c2cc3ccccn3n2)C1. The molecule has 26 heavy (non-hydrogen) atoms. The number of aromatic nitrogens is 2. The van der Waals surface area contributed by atoms with E-state index in [1.54, 1.807) is 9.42 Å². The Kier molecular flexibility index (Phi) is 3.94. The van der Waals surface area contributed by atoms with Crippen LogP contribution in [-0.2, 0) is 5.41 Å². The van der Waals surface area contributed by atoms with Crippen LogP contribution < -0.4 is 4.74 Å². The van der Waals surface area contributed by atoms with E-state index in [1.165, 1.54) is 5.56 Å². The van der Waals surface area contributed by atoms with Crippen molar-refractivity contribution in [3.63, 3.8) is 0 Å². The number of nitrogens with zero attached hydrogens (tertiary/aromatic N) is 3. The van der Waals surface area contributed by atoms with E-state index in [4.69, 9.17) is 4.74 Å². The first-order chi connectivity index (χ1) is 12.4. The highest BCUT2D eigenvalue weighted by molar-refractivity contribution is 5.94. The van der Waals surface area contributed by atoms with Gasteiger partial charge in [-0.05, 0) is 35.2 Å². The first-order valence-corrected chi connectivity index (χ1v) is 8.92. The zero-order chi connectivity index (χ0) is 18.3. The van der Waals surface area contributed by atoms with Gasteiger partial charge in [-0.25, -0.2) is 4.52 Å². The first kappa shape index (κ1) is 16.6. The second kappa shape index (κ2) is 6.16. The molecule has 1 amide bonds. The van der Waals surface area contributed by atoms with Crippen molar-refractivity contribution in [3.05, 3.63) is 66.0 Å². The van der Waals surface area contributed by atoms with E-state index in [2.05, 4.69) is 31.9 Å². The van der Waals surface area contributed by atoms with Crippen LogP contribution in [0.2, 0.25) is 0 Å². The number of benzene rings is 1. The lowest BCUT2D eigenvalue weighted by atomic mass is 9.86. The van der Waals surface area contributed by atoms with Crippen molar-refractivity contribution in [2.75, 3.05) is 13.1 Å². The third-order valence-electron chi connectivity index (χ3n) is 4.71. The number of para-hydroxylation sites is 1. The maximum atomic E-state index is 12.6. The molecule has 1 saturated heterocycles. The average Bonchev–Trinajstić information content (AvgIpc) is 3.01. The van der Waals surface area contributed by atoms with Crippen molar-refractivity contribution in [1.82, 2.24) is 14.5 Å². The van der Waals surface area contributed by atoms with E-state index >= 15 is 0 Å². The Morgan fingerprint density at radius 2 is 1.85 bits per heavy atom. The van der Waals surface area contributed by atoms with Crippen LogP contribution in [0.15, 0.2) is 54.7 Å². The van der Waals surface area contributed by atoms with Crippen LogP contribution in [0.25, 0.3) is 5.52 Å². The van der Waals surface area contributed by atoms with Crippen molar-refractivity contribution in [1.29, 1.82) is 0 Å². The molecule has 0 aliphatic carbocycles. The van der Waals surface area contributed by atoms with Gasteiger partial charge in [0.15, 0.2) is 5.69 Å². The summed E-state index contributed by atoms with van der Waals surface area (Å²) < 4.78 is 7.89. The van der Waals surface area contributed by atoms with Gasteiger partial charge >= 0.3 is 0 Å². The van der Waals surface area contributed by atoms with Crippen LogP contribution in [0.1, 0.15) is 36.8 Å². The summed E-state index contributed by atoms with van der Waals surface area (Å²) in [6, 6.07) is 15.7. The Hall–Kier alpha value is -2.82. The van der Waals surface area contributed by atoms with Gasteiger partial charge in [0.2, 0.25) is 0 Å². The van der Waals surface area contributed by atoms with Crippen LogP contribution in [-0.4, -0.2) is 39.6 Å². The zero-order valence-electron chi connectivity index (χ0n) is 15.3. The number of ether oxygens (including phenoxy) is 1. The van der Waals surface area contributed by atoms with E-state index < -0.39 is 0 Å². The number of fused-ring (bicyclic) bond motifs is 1. The van der Waals surface area contributed by atoms with Crippen molar-refractivity contribution >= 4 is 11.4 Å². The zero-order valence-corrected chi connectivity index (χ0v) is 15.3. The van der Waals surface area contributed by atoms with Gasteiger partial charge in [0, 0.05) is 6.20 Å². The fraction of sp³-hybridized carbons (Fsp3) is 0.333. The lowest BCUT2D eigenvalue weighted by molar-refractivity contribution is 0.0166. The molecular formula is C21H23N3O2. The number of carbonyl (C=O) groups excluding carboxylic acids is 1. The Morgan fingerprint density at radius 3 is 2.58 bits per heavy atom. The molecule has 1 aliphatic heterocycles. The largest absolute Gasteiger partial charge is 0.486 e. The number of amides is 1. The summed E-state index contributed by atoms with van der Waals surface area (Å²) in [6.07, 6.45) is 1.87. The van der Waals surface area contributed by atoms with Crippen molar-refractivity contribution in [3.8, 4) is 5.75 Å². The molecule has 3 heterocycles. The summed E-state index contributed by atoms with van der Waals surface area (Å²) in [6.45, 7) is 7.70. The second-order valence-corrected chi connectivity index (χ2v) is 7.80. The van der Waals surface area contributed by atoms with Crippen LogP contribution in [0.3, 0.4) is 0 Å². The molecule has 0 atom stereocenters. The maximum absolute atomic E-state index is 12.6. The second-order valence-electron chi connectivity index (χ2n) is 7.80. The van der Waals surface area contributed by atoms with E-state index in [-0.39, 0.29) is 17.4 Å². The molecule has 1 aliphatic rings. The summed E-state index contributed by atoms with van der Waals surface area (Å²) in [5.41, 5.74) is 2.60. The number of rotatable bonds is 3. The first-order valence-electron chi connectivity index (χ1n) is 8.92. The topological polar surface area (TPSA) is 46.8 Å². The Balaban J connectivity index is 1.42. The number of likely N-dealkylation sites (tertiary alicyclic amines) is 1. The summed E-state index contributed by atoms with van der Waals surface area (Å²) in [5, 5.41) is 4.36. The molecular weight excluding hydrogens is 326 g/mol. The van der Waals surface area contributed by atoms with E-state index in [0.29, 0.717) is 18.8 Å². The lowest BCUT2D eigenvalue weighted by Crippen LogP contribution is -2.56. The smallest absolute Gasteiger partial charge is 0.274 e. The fourth-order valence-electron chi connectivity index (χ4n) is 3.25. The predicted octanol–water partition coefficient (Wildman–Crippen LogP) is 3.54. The lowest BCUT2D eigenvalue weighted by Gasteiger charge is -2.39. The molecule has 134 valence electrons. The molecule has 4 rings (SSSR count). The minimum absolute atomic E-state index is 0.0202. The van der Waals surface area contributed by atoms with Gasteiger partial charge in [-0.3, -0.25) is 4.79 Å². The molecule has 0 bridgehead atoms. The number of carbonyl (C=O) groups is 1. The highest BCUT2D eigenvalue weighted by atomic mass is 16.5. The molecule has 2 aromatic heterocycles. The summed E-state index contributed by atoms with van der Waals surface area (Å²) in [7, 11) is 0. The third kappa shape index (κ3) is 3.05. The highest BCUT2D eigenvalue weighted by Crippen LogP contribution is 2.32. The summed E-state index contributed by atoms with van der Waals surface area (Å²) in [4.78, 5) is 14.4. The minimum atomic E-state index is -0.0438. The van der Waals surface area contributed by atoms with Gasteiger partial charge in [-0.15, -0.1) is 0 Å². The van der Waals surface area contributed by atoms with E-state index in [1.807, 2.05) is 48.7 Å². The van der Waals surface area contributed by atoms with E-state index in [9.17, 15) is 4.79 Å². The number of pyridine rings is 1. The molecule has 0 unspecified atom stereocenters. The number of hydrogen-bond acceptors (Lipinski definition) is 3. The van der Waals surface area contributed by atoms with Crippen LogP contribution in [0, 0.1) is 0 Å². The van der Waals surface area contributed by atoms with Gasteiger partial charge in [0.25, 0.3) is 5.91 Å². The van der Waals surface area contributed by atoms with Crippen molar-refractivity contribution in [2.24, 2.45) is 0 Å². The third-order valence-corrected chi connectivity index (χ3v) is 4.71. The quantitative estimate of drug-likeness (QED) is 0.727. The van der Waals surface area contributed by atoms with Crippen molar-refractivity contribution in [2.45, 2.75) is 32.3 Å². The molecule has 0 spiro atoms. The van der Waals surface area contributed by atoms with Gasteiger partial charge in [0.05, 0.1) is 18.6 Å². The van der Waals surface area contributed by atoms with Crippen LogP contribution in [0.4, 0.5) is 0 Å². The molecule has 5 heteroatoms. The van der Waals surface area contributed by atoms with E-state index in [0.717, 1.165) is 11.3 Å². The number of hydrogen-bond donors (Lipinski definition) is 0.